The highest BCUT2D eigenvalue weighted by Crippen LogP contribution is 2.16. The van der Waals surface area contributed by atoms with Gasteiger partial charge in [0.05, 0.1) is 0 Å². The molecule has 0 aromatic heterocycles. The molecule has 0 heterocycles. The standard InChI is InChI=1S/C14H21NO/c1-5-15-9-13(4)10-16-14-7-11(2)6-12(3)8-14/h6-8,15H,4-5,9-10H2,1-3H3. The van der Waals surface area contributed by atoms with E-state index in [4.69, 9.17) is 4.74 Å². The van der Waals surface area contributed by atoms with Crippen LogP contribution < -0.4 is 10.1 Å². The predicted octanol–water partition coefficient (Wildman–Crippen LogP) is 2.85. The van der Waals surface area contributed by atoms with Gasteiger partial charge in [0.15, 0.2) is 0 Å². The number of aryl methyl sites for hydroxylation is 2. The number of ether oxygens (including phenoxy) is 1. The first-order chi connectivity index (χ1) is 7.61. The maximum Gasteiger partial charge on any atom is 0.120 e. The molecular formula is C14H21NO. The fourth-order valence-corrected chi connectivity index (χ4v) is 1.55. The molecule has 2 nitrogen and oxygen atoms in total. The number of benzene rings is 1. The average Bonchev–Trinajstić information content (AvgIpc) is 2.22. The fourth-order valence-electron chi connectivity index (χ4n) is 1.55. The van der Waals surface area contributed by atoms with Crippen LogP contribution in [0.2, 0.25) is 0 Å². The molecule has 0 saturated carbocycles. The molecule has 16 heavy (non-hydrogen) atoms. The lowest BCUT2D eigenvalue weighted by Gasteiger charge is -2.10. The zero-order valence-electron chi connectivity index (χ0n) is 10.5. The molecule has 1 aromatic rings. The van der Waals surface area contributed by atoms with Crippen molar-refractivity contribution in [2.75, 3.05) is 19.7 Å². The molecule has 88 valence electrons. The van der Waals surface area contributed by atoms with E-state index in [9.17, 15) is 0 Å². The van der Waals surface area contributed by atoms with Gasteiger partial charge in [-0.3, -0.25) is 0 Å². The van der Waals surface area contributed by atoms with Crippen molar-refractivity contribution in [3.63, 3.8) is 0 Å². The van der Waals surface area contributed by atoms with Gasteiger partial charge >= 0.3 is 0 Å². The van der Waals surface area contributed by atoms with E-state index in [0.717, 1.165) is 24.4 Å². The lowest BCUT2D eigenvalue weighted by molar-refractivity contribution is 0.348. The van der Waals surface area contributed by atoms with Crippen molar-refractivity contribution < 1.29 is 4.74 Å². The quantitative estimate of drug-likeness (QED) is 0.743. The summed E-state index contributed by atoms with van der Waals surface area (Å²) >= 11 is 0. The zero-order chi connectivity index (χ0) is 12.0. The van der Waals surface area contributed by atoms with Gasteiger partial charge in [-0.15, -0.1) is 0 Å². The van der Waals surface area contributed by atoms with Gasteiger partial charge in [0.2, 0.25) is 0 Å². The van der Waals surface area contributed by atoms with Crippen LogP contribution in [-0.2, 0) is 0 Å². The number of hydrogen-bond donors (Lipinski definition) is 1. The molecule has 0 unspecified atom stereocenters. The van der Waals surface area contributed by atoms with Crippen molar-refractivity contribution >= 4 is 0 Å². The van der Waals surface area contributed by atoms with E-state index in [1.807, 2.05) is 12.1 Å². The van der Waals surface area contributed by atoms with Gasteiger partial charge in [0.1, 0.15) is 12.4 Å². The molecule has 1 aromatic carbocycles. The molecule has 1 rings (SSSR count). The van der Waals surface area contributed by atoms with Gasteiger partial charge in [0, 0.05) is 6.54 Å². The van der Waals surface area contributed by atoms with E-state index >= 15 is 0 Å². The number of likely N-dealkylation sites (N-methyl/N-ethyl adjacent to an activating group) is 1. The Hall–Kier alpha value is -1.28. The Morgan fingerprint density at radius 2 is 1.88 bits per heavy atom. The Labute approximate surface area is 98.3 Å². The molecule has 0 spiro atoms. The van der Waals surface area contributed by atoms with Crippen molar-refractivity contribution in [3.05, 3.63) is 41.5 Å². The van der Waals surface area contributed by atoms with E-state index < -0.39 is 0 Å². The monoisotopic (exact) mass is 219 g/mol. The summed E-state index contributed by atoms with van der Waals surface area (Å²) < 4.78 is 5.69. The van der Waals surface area contributed by atoms with Crippen LogP contribution in [-0.4, -0.2) is 19.7 Å². The average molecular weight is 219 g/mol. The summed E-state index contributed by atoms with van der Waals surface area (Å²) in [7, 11) is 0. The van der Waals surface area contributed by atoms with Crippen LogP contribution in [0.1, 0.15) is 18.1 Å². The summed E-state index contributed by atoms with van der Waals surface area (Å²) in [5.74, 6) is 0.926. The van der Waals surface area contributed by atoms with E-state index in [1.165, 1.54) is 11.1 Å². The first-order valence-corrected chi connectivity index (χ1v) is 5.70. The summed E-state index contributed by atoms with van der Waals surface area (Å²) in [5.41, 5.74) is 3.53. The highest BCUT2D eigenvalue weighted by molar-refractivity contribution is 5.33. The summed E-state index contributed by atoms with van der Waals surface area (Å²) in [6.07, 6.45) is 0. The minimum Gasteiger partial charge on any atom is -0.489 e. The highest BCUT2D eigenvalue weighted by Gasteiger charge is 1.98. The van der Waals surface area contributed by atoms with Gasteiger partial charge in [-0.1, -0.05) is 19.6 Å². The topological polar surface area (TPSA) is 21.3 Å². The van der Waals surface area contributed by atoms with E-state index in [2.05, 4.69) is 38.7 Å². The first kappa shape index (κ1) is 12.8. The number of hydrogen-bond acceptors (Lipinski definition) is 2. The van der Waals surface area contributed by atoms with Crippen LogP contribution in [0.25, 0.3) is 0 Å². The number of rotatable bonds is 6. The van der Waals surface area contributed by atoms with E-state index in [0.29, 0.717) is 6.61 Å². The molecule has 0 atom stereocenters. The molecule has 1 N–H and O–H groups in total. The first-order valence-electron chi connectivity index (χ1n) is 5.70. The highest BCUT2D eigenvalue weighted by atomic mass is 16.5. The summed E-state index contributed by atoms with van der Waals surface area (Å²) in [4.78, 5) is 0. The van der Waals surface area contributed by atoms with Crippen molar-refractivity contribution in [1.82, 2.24) is 5.32 Å². The van der Waals surface area contributed by atoms with Crippen LogP contribution in [0.4, 0.5) is 0 Å². The Bertz CT molecular complexity index is 338. The SMILES string of the molecule is C=C(CNCC)COc1cc(C)cc(C)c1. The van der Waals surface area contributed by atoms with Crippen LogP contribution in [0.15, 0.2) is 30.4 Å². The Balaban J connectivity index is 2.45. The Kier molecular flexibility index (Phi) is 5.06. The smallest absolute Gasteiger partial charge is 0.120 e. The maximum atomic E-state index is 5.69. The van der Waals surface area contributed by atoms with Gasteiger partial charge < -0.3 is 10.1 Å². The normalized spacial score (nSPS) is 10.2. The molecule has 0 saturated heterocycles. The lowest BCUT2D eigenvalue weighted by atomic mass is 10.1. The molecule has 0 aliphatic carbocycles. The van der Waals surface area contributed by atoms with Crippen molar-refractivity contribution in [2.24, 2.45) is 0 Å². The third kappa shape index (κ3) is 4.49. The number of nitrogens with one attached hydrogen (secondary N) is 1. The summed E-state index contributed by atoms with van der Waals surface area (Å²) in [6.45, 7) is 12.6. The zero-order valence-corrected chi connectivity index (χ0v) is 10.5. The lowest BCUT2D eigenvalue weighted by Crippen LogP contribution is -2.18. The molecule has 2 heteroatoms. The van der Waals surface area contributed by atoms with Crippen LogP contribution in [0.5, 0.6) is 5.75 Å². The van der Waals surface area contributed by atoms with Crippen LogP contribution >= 0.6 is 0 Å². The second kappa shape index (κ2) is 6.33. The minimum atomic E-state index is 0.579. The third-order valence-electron chi connectivity index (χ3n) is 2.26. The predicted molar refractivity (Wildman–Crippen MR) is 69.1 cm³/mol. The minimum absolute atomic E-state index is 0.579. The van der Waals surface area contributed by atoms with Crippen molar-refractivity contribution in [3.8, 4) is 5.75 Å². The Morgan fingerprint density at radius 1 is 1.25 bits per heavy atom. The second-order valence-corrected chi connectivity index (χ2v) is 4.14. The third-order valence-corrected chi connectivity index (χ3v) is 2.26. The van der Waals surface area contributed by atoms with Crippen molar-refractivity contribution in [1.29, 1.82) is 0 Å². The van der Waals surface area contributed by atoms with Gasteiger partial charge in [0.25, 0.3) is 0 Å². The Morgan fingerprint density at radius 3 is 2.44 bits per heavy atom. The van der Waals surface area contributed by atoms with E-state index in [1.54, 1.807) is 0 Å². The van der Waals surface area contributed by atoms with E-state index in [-0.39, 0.29) is 0 Å². The van der Waals surface area contributed by atoms with Crippen LogP contribution in [0, 0.1) is 13.8 Å². The molecule has 0 bridgehead atoms. The largest absolute Gasteiger partial charge is 0.489 e. The summed E-state index contributed by atoms with van der Waals surface area (Å²) in [6, 6.07) is 6.24. The molecular weight excluding hydrogens is 198 g/mol. The molecule has 0 aliphatic heterocycles. The van der Waals surface area contributed by atoms with Gasteiger partial charge in [-0.2, -0.15) is 0 Å². The molecule has 0 radical (unpaired) electrons. The molecule has 0 fully saturated rings. The maximum absolute atomic E-state index is 5.69. The van der Waals surface area contributed by atoms with Crippen molar-refractivity contribution in [2.45, 2.75) is 20.8 Å². The van der Waals surface area contributed by atoms with Gasteiger partial charge in [-0.25, -0.2) is 0 Å². The van der Waals surface area contributed by atoms with Crippen LogP contribution in [0.3, 0.4) is 0 Å². The van der Waals surface area contributed by atoms with Gasteiger partial charge in [-0.05, 0) is 49.2 Å². The molecule has 0 amide bonds. The molecule has 0 aliphatic rings. The second-order valence-electron chi connectivity index (χ2n) is 4.14. The fraction of sp³-hybridized carbons (Fsp3) is 0.429. The summed E-state index contributed by atoms with van der Waals surface area (Å²) in [5, 5.41) is 3.23.